The zero-order valence-electron chi connectivity index (χ0n) is 14.5. The first-order chi connectivity index (χ1) is 11.7. The third-order valence-electron chi connectivity index (χ3n) is 3.91. The molecule has 0 atom stereocenters. The lowest BCUT2D eigenvalue weighted by Gasteiger charge is -2.12. The molecule has 0 fully saturated rings. The van der Waals surface area contributed by atoms with Crippen molar-refractivity contribution < 1.29 is 9.53 Å². The third kappa shape index (κ3) is 5.74. The molecule has 0 saturated carbocycles. The molecule has 1 aromatic carbocycles. The lowest BCUT2D eigenvalue weighted by Crippen LogP contribution is -2.36. The summed E-state index contributed by atoms with van der Waals surface area (Å²) in [7, 11) is 0. The predicted molar refractivity (Wildman–Crippen MR) is 96.1 cm³/mol. The Hall–Kier alpha value is -2.27. The van der Waals surface area contributed by atoms with Crippen molar-refractivity contribution in [2.75, 3.05) is 19.8 Å². The summed E-state index contributed by atoms with van der Waals surface area (Å²) in [5, 5.41) is 5.75. The molecule has 2 N–H and O–H groups in total. The minimum Gasteiger partial charge on any atom is -0.382 e. The molecule has 2 rings (SSSR count). The summed E-state index contributed by atoms with van der Waals surface area (Å²) in [5.41, 5.74) is 3.65. The van der Waals surface area contributed by atoms with Crippen molar-refractivity contribution in [3.05, 3.63) is 59.4 Å². The maximum Gasteiger partial charge on any atom is 0.315 e. The number of nitrogens with one attached hydrogen (secondary N) is 2. The van der Waals surface area contributed by atoms with E-state index in [9.17, 15) is 4.79 Å². The van der Waals surface area contributed by atoms with Gasteiger partial charge >= 0.3 is 6.03 Å². The molecule has 0 saturated heterocycles. The molecule has 24 heavy (non-hydrogen) atoms. The van der Waals surface area contributed by atoms with Crippen LogP contribution in [0.2, 0.25) is 0 Å². The molecule has 1 aromatic heterocycles. The highest BCUT2D eigenvalue weighted by Crippen LogP contribution is 2.11. The van der Waals surface area contributed by atoms with E-state index in [0.717, 1.165) is 18.7 Å². The molecule has 5 heteroatoms. The Morgan fingerprint density at radius 2 is 2.00 bits per heavy atom. The Labute approximate surface area is 144 Å². The van der Waals surface area contributed by atoms with Gasteiger partial charge in [0.1, 0.15) is 0 Å². The summed E-state index contributed by atoms with van der Waals surface area (Å²) < 4.78 is 7.41. The van der Waals surface area contributed by atoms with Crippen molar-refractivity contribution >= 4 is 6.03 Å². The zero-order valence-corrected chi connectivity index (χ0v) is 14.5. The molecule has 0 aliphatic rings. The number of aromatic nitrogens is 1. The largest absolute Gasteiger partial charge is 0.382 e. The first-order valence-corrected chi connectivity index (χ1v) is 8.48. The van der Waals surface area contributed by atoms with Crippen molar-refractivity contribution in [1.29, 1.82) is 0 Å². The summed E-state index contributed by atoms with van der Waals surface area (Å²) in [4.78, 5) is 11.8. The molecule has 2 amide bonds. The average Bonchev–Trinajstić information content (AvgIpc) is 3.02. The highest BCUT2D eigenvalue weighted by atomic mass is 16.5. The number of nitrogens with zero attached hydrogens (tertiary/aromatic N) is 1. The van der Waals surface area contributed by atoms with E-state index >= 15 is 0 Å². The van der Waals surface area contributed by atoms with Crippen LogP contribution < -0.4 is 10.6 Å². The van der Waals surface area contributed by atoms with Gasteiger partial charge in [-0.1, -0.05) is 24.3 Å². The fraction of sp³-hybridized carbons (Fsp3) is 0.421. The van der Waals surface area contributed by atoms with E-state index in [4.69, 9.17) is 4.74 Å². The minimum absolute atomic E-state index is 0.143. The van der Waals surface area contributed by atoms with Crippen LogP contribution >= 0.6 is 0 Å². The molecule has 1 heterocycles. The van der Waals surface area contributed by atoms with Gasteiger partial charge in [0, 0.05) is 38.2 Å². The van der Waals surface area contributed by atoms with Gasteiger partial charge in [0.05, 0.1) is 6.54 Å². The molecule has 0 bridgehead atoms. The van der Waals surface area contributed by atoms with Crippen molar-refractivity contribution in [2.45, 2.75) is 33.4 Å². The van der Waals surface area contributed by atoms with Crippen molar-refractivity contribution in [1.82, 2.24) is 15.2 Å². The van der Waals surface area contributed by atoms with Gasteiger partial charge in [-0.3, -0.25) is 0 Å². The van der Waals surface area contributed by atoms with Crippen LogP contribution in [-0.2, 0) is 17.8 Å². The van der Waals surface area contributed by atoms with E-state index in [0.29, 0.717) is 26.3 Å². The monoisotopic (exact) mass is 329 g/mol. The quantitative estimate of drug-likeness (QED) is 0.695. The minimum atomic E-state index is -0.143. The van der Waals surface area contributed by atoms with Gasteiger partial charge < -0.3 is 19.9 Å². The fourth-order valence-corrected chi connectivity index (χ4v) is 2.49. The van der Waals surface area contributed by atoms with E-state index in [1.165, 1.54) is 11.1 Å². The van der Waals surface area contributed by atoms with Gasteiger partial charge in [0.15, 0.2) is 0 Å². The van der Waals surface area contributed by atoms with Crippen LogP contribution in [0.5, 0.6) is 0 Å². The maximum atomic E-state index is 11.8. The Balaban J connectivity index is 1.79. The molecule has 0 aliphatic carbocycles. The number of rotatable bonds is 9. The van der Waals surface area contributed by atoms with E-state index in [1.807, 2.05) is 31.3 Å². The Kier molecular flexibility index (Phi) is 7.36. The molecule has 0 unspecified atom stereocenters. The number of benzene rings is 1. The normalized spacial score (nSPS) is 10.6. The van der Waals surface area contributed by atoms with Gasteiger partial charge in [-0.05, 0) is 43.5 Å². The molecule has 2 aromatic rings. The van der Waals surface area contributed by atoms with Gasteiger partial charge in [-0.15, -0.1) is 0 Å². The van der Waals surface area contributed by atoms with Gasteiger partial charge in [-0.2, -0.15) is 0 Å². The number of amides is 2. The molecule has 0 aliphatic heterocycles. The standard InChI is InChI=1S/C19H27N3O2/c1-3-24-13-7-11-20-19(23)21-14-18-10-6-12-22(18)15-17-9-5-4-8-16(17)2/h4-6,8-10,12H,3,7,11,13-15H2,1-2H3,(H2,20,21,23). The first-order valence-electron chi connectivity index (χ1n) is 8.48. The lowest BCUT2D eigenvalue weighted by atomic mass is 10.1. The number of hydrogen-bond donors (Lipinski definition) is 2. The average molecular weight is 329 g/mol. The van der Waals surface area contributed by atoms with Crippen molar-refractivity contribution in [2.24, 2.45) is 0 Å². The number of aryl methyl sites for hydroxylation is 1. The first kappa shape index (κ1) is 18.1. The van der Waals surface area contributed by atoms with Gasteiger partial charge in [0.2, 0.25) is 0 Å². The number of carbonyl (C=O) groups excluding carboxylic acids is 1. The van der Waals surface area contributed by atoms with E-state index in [2.05, 4.69) is 40.3 Å². The van der Waals surface area contributed by atoms with Crippen LogP contribution in [0.15, 0.2) is 42.6 Å². The number of ether oxygens (including phenoxy) is 1. The second-order valence-electron chi connectivity index (χ2n) is 5.71. The molecule has 0 radical (unpaired) electrons. The lowest BCUT2D eigenvalue weighted by molar-refractivity contribution is 0.145. The van der Waals surface area contributed by atoms with Crippen molar-refractivity contribution in [3.8, 4) is 0 Å². The molecular weight excluding hydrogens is 302 g/mol. The summed E-state index contributed by atoms with van der Waals surface area (Å²) in [5.74, 6) is 0. The Morgan fingerprint density at radius 1 is 1.17 bits per heavy atom. The van der Waals surface area contributed by atoms with Crippen LogP contribution in [0.3, 0.4) is 0 Å². The summed E-state index contributed by atoms with van der Waals surface area (Å²) >= 11 is 0. The molecule has 130 valence electrons. The van der Waals surface area contributed by atoms with E-state index in [-0.39, 0.29) is 6.03 Å². The highest BCUT2D eigenvalue weighted by Gasteiger charge is 2.05. The van der Waals surface area contributed by atoms with Gasteiger partial charge in [-0.25, -0.2) is 4.79 Å². The second kappa shape index (κ2) is 9.78. The zero-order chi connectivity index (χ0) is 17.2. The van der Waals surface area contributed by atoms with Crippen LogP contribution in [0.1, 0.15) is 30.2 Å². The number of hydrogen-bond acceptors (Lipinski definition) is 2. The van der Waals surface area contributed by atoms with Crippen LogP contribution in [0.25, 0.3) is 0 Å². The van der Waals surface area contributed by atoms with Crippen LogP contribution in [0.4, 0.5) is 4.79 Å². The Morgan fingerprint density at radius 3 is 2.79 bits per heavy atom. The van der Waals surface area contributed by atoms with Crippen molar-refractivity contribution in [3.63, 3.8) is 0 Å². The Bertz CT molecular complexity index is 637. The fourth-order valence-electron chi connectivity index (χ4n) is 2.49. The maximum absolute atomic E-state index is 11.8. The second-order valence-corrected chi connectivity index (χ2v) is 5.71. The highest BCUT2D eigenvalue weighted by molar-refractivity contribution is 5.73. The van der Waals surface area contributed by atoms with E-state index in [1.54, 1.807) is 0 Å². The van der Waals surface area contributed by atoms with E-state index < -0.39 is 0 Å². The number of carbonyl (C=O) groups is 1. The number of urea groups is 1. The smallest absolute Gasteiger partial charge is 0.315 e. The van der Waals surface area contributed by atoms with Gasteiger partial charge in [0.25, 0.3) is 0 Å². The van der Waals surface area contributed by atoms with Crippen LogP contribution in [-0.4, -0.2) is 30.4 Å². The molecule has 0 spiro atoms. The third-order valence-corrected chi connectivity index (χ3v) is 3.91. The molecule has 5 nitrogen and oxygen atoms in total. The topological polar surface area (TPSA) is 55.3 Å². The van der Waals surface area contributed by atoms with Crippen LogP contribution in [0, 0.1) is 6.92 Å². The summed E-state index contributed by atoms with van der Waals surface area (Å²) in [6.07, 6.45) is 2.87. The SMILES string of the molecule is CCOCCCNC(=O)NCc1cccn1Cc1ccccc1C. The summed E-state index contributed by atoms with van der Waals surface area (Å²) in [6.45, 7) is 7.41. The predicted octanol–water partition coefficient (Wildman–Crippen LogP) is 3.07. The summed E-state index contributed by atoms with van der Waals surface area (Å²) in [6, 6.07) is 12.3. The molecular formula is C19H27N3O2.